The molecule has 0 saturated carbocycles. The molecule has 3 aromatic rings. The maximum atomic E-state index is 12.6. The van der Waals surface area contributed by atoms with Gasteiger partial charge in [0, 0.05) is 13.1 Å². The average molecular weight is 427 g/mol. The lowest BCUT2D eigenvalue weighted by atomic mass is 10.1. The van der Waals surface area contributed by atoms with Crippen LogP contribution >= 0.6 is 0 Å². The van der Waals surface area contributed by atoms with Gasteiger partial charge in [-0.3, -0.25) is 4.79 Å². The summed E-state index contributed by atoms with van der Waals surface area (Å²) < 4.78 is 31.8. The molecule has 30 heavy (non-hydrogen) atoms. The van der Waals surface area contributed by atoms with E-state index < -0.39 is 16.0 Å². The quantitative estimate of drug-likeness (QED) is 0.626. The van der Waals surface area contributed by atoms with Crippen LogP contribution in [0.4, 0.5) is 0 Å². The summed E-state index contributed by atoms with van der Waals surface area (Å²) in [6, 6.07) is 11.0. The molecule has 0 unspecified atom stereocenters. The first kappa shape index (κ1) is 20.2. The standard InChI is InChI=1S/C21H21N3O5S/c1-14-5-4-6-17-19(14)22-18(23-20(17)25)13-29-21(26)15-7-9-16(10-8-15)30(27,28)24-11-2-3-12-24/h4-10H,2-3,11-13H2,1H3,(H,22,23,25). The number of benzene rings is 2. The lowest BCUT2D eigenvalue weighted by Gasteiger charge is -2.15. The number of nitrogens with one attached hydrogen (secondary N) is 1. The van der Waals surface area contributed by atoms with Crippen molar-refractivity contribution in [3.8, 4) is 0 Å². The average Bonchev–Trinajstić information content (AvgIpc) is 3.29. The molecule has 1 N–H and O–H groups in total. The molecule has 2 heterocycles. The fourth-order valence-corrected chi connectivity index (χ4v) is 5.00. The van der Waals surface area contributed by atoms with Crippen LogP contribution in [0.25, 0.3) is 10.9 Å². The minimum atomic E-state index is -3.53. The van der Waals surface area contributed by atoms with Gasteiger partial charge in [0.2, 0.25) is 10.0 Å². The largest absolute Gasteiger partial charge is 0.454 e. The van der Waals surface area contributed by atoms with Gasteiger partial charge in [0.25, 0.3) is 5.56 Å². The van der Waals surface area contributed by atoms with Gasteiger partial charge < -0.3 is 9.72 Å². The van der Waals surface area contributed by atoms with Gasteiger partial charge in [0.15, 0.2) is 0 Å². The summed E-state index contributed by atoms with van der Waals surface area (Å²) in [5.41, 5.74) is 1.32. The zero-order valence-corrected chi connectivity index (χ0v) is 17.2. The highest BCUT2D eigenvalue weighted by molar-refractivity contribution is 7.89. The summed E-state index contributed by atoms with van der Waals surface area (Å²) in [4.78, 5) is 31.7. The van der Waals surface area contributed by atoms with Gasteiger partial charge in [0.05, 0.1) is 21.4 Å². The fourth-order valence-electron chi connectivity index (χ4n) is 3.48. The van der Waals surface area contributed by atoms with Crippen LogP contribution in [0.15, 0.2) is 52.2 Å². The van der Waals surface area contributed by atoms with Crippen LogP contribution in [0.5, 0.6) is 0 Å². The third kappa shape index (κ3) is 3.86. The number of carbonyl (C=O) groups is 1. The van der Waals surface area contributed by atoms with Gasteiger partial charge in [-0.25, -0.2) is 18.2 Å². The smallest absolute Gasteiger partial charge is 0.338 e. The van der Waals surface area contributed by atoms with Crippen LogP contribution in [0, 0.1) is 6.92 Å². The van der Waals surface area contributed by atoms with Gasteiger partial charge in [-0.05, 0) is 55.7 Å². The molecule has 2 aromatic carbocycles. The maximum Gasteiger partial charge on any atom is 0.338 e. The number of ether oxygens (including phenoxy) is 1. The van der Waals surface area contributed by atoms with Crippen LogP contribution in [-0.4, -0.2) is 41.7 Å². The number of rotatable bonds is 5. The molecule has 1 aliphatic heterocycles. The van der Waals surface area contributed by atoms with E-state index in [0.717, 1.165) is 18.4 Å². The Balaban J connectivity index is 1.48. The van der Waals surface area contributed by atoms with Crippen LogP contribution < -0.4 is 5.56 Å². The van der Waals surface area contributed by atoms with Crippen LogP contribution in [0.1, 0.15) is 34.6 Å². The lowest BCUT2D eigenvalue weighted by molar-refractivity contribution is 0.0462. The molecule has 0 radical (unpaired) electrons. The second-order valence-corrected chi connectivity index (χ2v) is 9.13. The number of aromatic amines is 1. The molecule has 0 bridgehead atoms. The molecule has 4 rings (SSSR count). The number of sulfonamides is 1. The number of carbonyl (C=O) groups excluding carboxylic acids is 1. The number of esters is 1. The van der Waals surface area contributed by atoms with Crippen LogP contribution in [0.3, 0.4) is 0 Å². The molecule has 1 fully saturated rings. The molecular weight excluding hydrogens is 406 g/mol. The Morgan fingerprint density at radius 3 is 2.53 bits per heavy atom. The van der Waals surface area contributed by atoms with E-state index in [1.54, 1.807) is 12.1 Å². The van der Waals surface area contributed by atoms with E-state index in [4.69, 9.17) is 4.74 Å². The first-order chi connectivity index (χ1) is 14.4. The molecule has 1 saturated heterocycles. The number of hydrogen-bond acceptors (Lipinski definition) is 6. The molecule has 156 valence electrons. The number of aryl methyl sites for hydroxylation is 1. The Morgan fingerprint density at radius 1 is 1.13 bits per heavy atom. The van der Waals surface area contributed by atoms with Crippen molar-refractivity contribution < 1.29 is 17.9 Å². The Morgan fingerprint density at radius 2 is 1.83 bits per heavy atom. The molecular formula is C21H21N3O5S. The summed E-state index contributed by atoms with van der Waals surface area (Å²) in [6.45, 7) is 2.68. The predicted octanol–water partition coefficient (Wildman–Crippen LogP) is 2.37. The van der Waals surface area contributed by atoms with E-state index >= 15 is 0 Å². The van der Waals surface area contributed by atoms with E-state index in [-0.39, 0.29) is 28.4 Å². The van der Waals surface area contributed by atoms with Crippen molar-refractivity contribution in [1.82, 2.24) is 14.3 Å². The van der Waals surface area contributed by atoms with Gasteiger partial charge in [-0.2, -0.15) is 4.31 Å². The third-order valence-electron chi connectivity index (χ3n) is 5.12. The van der Waals surface area contributed by atoms with Crippen molar-refractivity contribution in [2.24, 2.45) is 0 Å². The predicted molar refractivity (Wildman–Crippen MR) is 111 cm³/mol. The van der Waals surface area contributed by atoms with Gasteiger partial charge in [0.1, 0.15) is 12.4 Å². The van der Waals surface area contributed by atoms with E-state index in [1.165, 1.54) is 28.6 Å². The van der Waals surface area contributed by atoms with E-state index in [1.807, 2.05) is 13.0 Å². The van der Waals surface area contributed by atoms with E-state index in [9.17, 15) is 18.0 Å². The Bertz CT molecular complexity index is 1260. The highest BCUT2D eigenvalue weighted by Gasteiger charge is 2.27. The number of nitrogens with zero attached hydrogens (tertiary/aromatic N) is 2. The Kier molecular flexibility index (Phi) is 5.40. The monoisotopic (exact) mass is 427 g/mol. The van der Waals surface area contributed by atoms with Crippen molar-refractivity contribution in [3.63, 3.8) is 0 Å². The minimum Gasteiger partial charge on any atom is -0.454 e. The molecule has 0 amide bonds. The van der Waals surface area contributed by atoms with Crippen molar-refractivity contribution in [1.29, 1.82) is 0 Å². The number of fused-ring (bicyclic) bond motifs is 1. The van der Waals surface area contributed by atoms with Gasteiger partial charge in [-0.1, -0.05) is 12.1 Å². The Labute approximate surface area is 173 Å². The highest BCUT2D eigenvalue weighted by Crippen LogP contribution is 2.21. The molecule has 0 spiro atoms. The fraction of sp³-hybridized carbons (Fsp3) is 0.286. The molecule has 9 heteroatoms. The SMILES string of the molecule is Cc1cccc2c(=O)[nH]c(COC(=O)c3ccc(S(=O)(=O)N4CCCC4)cc3)nc12. The first-order valence-electron chi connectivity index (χ1n) is 9.62. The summed E-state index contributed by atoms with van der Waals surface area (Å²) in [7, 11) is -3.53. The van der Waals surface area contributed by atoms with Crippen molar-refractivity contribution in [2.45, 2.75) is 31.3 Å². The topological polar surface area (TPSA) is 109 Å². The molecule has 1 aromatic heterocycles. The zero-order valence-electron chi connectivity index (χ0n) is 16.4. The number of hydrogen-bond donors (Lipinski definition) is 1. The van der Waals surface area contributed by atoms with Crippen LogP contribution in [0.2, 0.25) is 0 Å². The number of para-hydroxylation sites is 1. The summed E-state index contributed by atoms with van der Waals surface area (Å²) in [6.07, 6.45) is 1.71. The highest BCUT2D eigenvalue weighted by atomic mass is 32.2. The second-order valence-electron chi connectivity index (χ2n) is 7.20. The molecule has 8 nitrogen and oxygen atoms in total. The summed E-state index contributed by atoms with van der Waals surface area (Å²) in [5, 5.41) is 0.472. The van der Waals surface area contributed by atoms with Gasteiger partial charge in [-0.15, -0.1) is 0 Å². The first-order valence-corrected chi connectivity index (χ1v) is 11.1. The van der Waals surface area contributed by atoms with E-state index in [0.29, 0.717) is 24.0 Å². The van der Waals surface area contributed by atoms with E-state index in [2.05, 4.69) is 9.97 Å². The van der Waals surface area contributed by atoms with Gasteiger partial charge >= 0.3 is 5.97 Å². The van der Waals surface area contributed by atoms with Crippen molar-refractivity contribution >= 4 is 26.9 Å². The number of aromatic nitrogens is 2. The molecule has 1 aliphatic rings. The normalized spacial score (nSPS) is 14.8. The number of H-pyrrole nitrogens is 1. The molecule has 0 atom stereocenters. The molecule has 0 aliphatic carbocycles. The second kappa shape index (κ2) is 8.00. The Hall–Kier alpha value is -3.04. The lowest BCUT2D eigenvalue weighted by Crippen LogP contribution is -2.27. The third-order valence-corrected chi connectivity index (χ3v) is 7.03. The van der Waals surface area contributed by atoms with Crippen molar-refractivity contribution in [3.05, 3.63) is 69.8 Å². The zero-order chi connectivity index (χ0) is 21.3. The summed E-state index contributed by atoms with van der Waals surface area (Å²) >= 11 is 0. The van der Waals surface area contributed by atoms with Crippen LogP contribution in [-0.2, 0) is 21.4 Å². The minimum absolute atomic E-state index is 0.150. The maximum absolute atomic E-state index is 12.6. The van der Waals surface area contributed by atoms with Crippen molar-refractivity contribution in [2.75, 3.05) is 13.1 Å². The summed E-state index contributed by atoms with van der Waals surface area (Å²) in [5.74, 6) is -0.393.